The van der Waals surface area contributed by atoms with Crippen molar-refractivity contribution in [3.63, 3.8) is 0 Å². The van der Waals surface area contributed by atoms with Gasteiger partial charge in [0.05, 0.1) is 16.4 Å². The number of nitrogens with two attached hydrogens (primary N) is 1. The highest BCUT2D eigenvalue weighted by Gasteiger charge is 2.14. The lowest BCUT2D eigenvalue weighted by molar-refractivity contribution is 0.101. The molecular formula is C13H13ClFN3O. The second-order valence-electron chi connectivity index (χ2n) is 4.02. The molecule has 3 N–H and O–H groups in total. The zero-order chi connectivity index (χ0) is 14.0. The van der Waals surface area contributed by atoms with E-state index in [-0.39, 0.29) is 16.6 Å². The largest absolute Gasteiger partial charge is 0.397 e. The molecule has 2 rings (SSSR count). The summed E-state index contributed by atoms with van der Waals surface area (Å²) in [5.74, 6) is -0.851. The van der Waals surface area contributed by atoms with Gasteiger partial charge in [0.25, 0.3) is 5.91 Å². The Labute approximate surface area is 115 Å². The number of halogens is 2. The van der Waals surface area contributed by atoms with Crippen LogP contribution in [0.1, 0.15) is 17.4 Å². The fraction of sp³-hybridized carbons (Fsp3) is 0.154. The van der Waals surface area contributed by atoms with Crippen molar-refractivity contribution in [1.29, 1.82) is 0 Å². The van der Waals surface area contributed by atoms with Crippen LogP contribution in [-0.4, -0.2) is 10.5 Å². The van der Waals surface area contributed by atoms with Gasteiger partial charge in [-0.05, 0) is 31.2 Å². The maximum absolute atomic E-state index is 13.1. The van der Waals surface area contributed by atoms with Crippen molar-refractivity contribution in [2.75, 3.05) is 11.1 Å². The third kappa shape index (κ3) is 2.88. The van der Waals surface area contributed by atoms with E-state index >= 15 is 0 Å². The number of benzene rings is 1. The van der Waals surface area contributed by atoms with Crippen LogP contribution in [0.3, 0.4) is 0 Å². The molecule has 0 fully saturated rings. The number of aromatic nitrogens is 1. The average molecular weight is 282 g/mol. The summed E-state index contributed by atoms with van der Waals surface area (Å²) in [5, 5.41) is 2.84. The Kier molecular flexibility index (Phi) is 3.76. The van der Waals surface area contributed by atoms with E-state index in [9.17, 15) is 9.18 Å². The highest BCUT2D eigenvalue weighted by Crippen LogP contribution is 2.23. The van der Waals surface area contributed by atoms with Crippen LogP contribution in [0.25, 0.3) is 0 Å². The summed E-state index contributed by atoms with van der Waals surface area (Å²) >= 11 is 5.89. The molecule has 0 aliphatic rings. The number of aryl methyl sites for hydroxylation is 1. The van der Waals surface area contributed by atoms with Crippen molar-refractivity contribution in [2.24, 2.45) is 0 Å². The first-order valence-corrected chi connectivity index (χ1v) is 6.11. The molecule has 0 bridgehead atoms. The Balaban J connectivity index is 2.27. The third-order valence-corrected chi connectivity index (χ3v) is 3.00. The zero-order valence-electron chi connectivity index (χ0n) is 10.3. The summed E-state index contributed by atoms with van der Waals surface area (Å²) in [4.78, 5) is 12.1. The maximum Gasteiger partial charge on any atom is 0.272 e. The van der Waals surface area contributed by atoms with Crippen molar-refractivity contribution in [2.45, 2.75) is 13.5 Å². The lowest BCUT2D eigenvalue weighted by atomic mass is 10.3. The van der Waals surface area contributed by atoms with E-state index < -0.39 is 5.82 Å². The van der Waals surface area contributed by atoms with Crippen LogP contribution in [0.15, 0.2) is 30.5 Å². The summed E-state index contributed by atoms with van der Waals surface area (Å²) in [6.07, 6.45) is 1.67. The molecule has 2 aromatic rings. The van der Waals surface area contributed by atoms with Crippen molar-refractivity contribution < 1.29 is 9.18 Å². The minimum atomic E-state index is -0.468. The number of nitrogens with zero attached hydrogens (tertiary/aromatic N) is 1. The van der Waals surface area contributed by atoms with Crippen LogP contribution in [0.4, 0.5) is 15.8 Å². The fourth-order valence-electron chi connectivity index (χ4n) is 1.76. The summed E-state index contributed by atoms with van der Waals surface area (Å²) in [6, 6.07) is 5.35. The third-order valence-electron chi connectivity index (χ3n) is 2.67. The minimum absolute atomic E-state index is 0.231. The Morgan fingerprint density at radius 2 is 2.21 bits per heavy atom. The standard InChI is InChI=1S/C13H13ClFN3O/c1-2-18-7-9(16)6-12(18)13(19)17-11-5-8(15)3-4-10(11)14/h3-7H,2,16H2,1H3,(H,17,19). The van der Waals surface area contributed by atoms with E-state index in [1.807, 2.05) is 6.92 Å². The number of nitrogen functional groups attached to an aromatic ring is 1. The second kappa shape index (κ2) is 5.32. The topological polar surface area (TPSA) is 60.0 Å². The Bertz CT molecular complexity index is 624. The average Bonchev–Trinajstić information content (AvgIpc) is 2.75. The van der Waals surface area contributed by atoms with Gasteiger partial charge in [-0.15, -0.1) is 0 Å². The maximum atomic E-state index is 13.1. The molecule has 1 amide bonds. The SMILES string of the molecule is CCn1cc(N)cc1C(=O)Nc1cc(F)ccc1Cl. The van der Waals surface area contributed by atoms with Gasteiger partial charge < -0.3 is 15.6 Å². The normalized spacial score (nSPS) is 10.5. The van der Waals surface area contributed by atoms with E-state index in [1.165, 1.54) is 18.2 Å². The van der Waals surface area contributed by atoms with E-state index in [0.29, 0.717) is 17.9 Å². The molecular weight excluding hydrogens is 269 g/mol. The van der Waals surface area contributed by atoms with E-state index in [4.69, 9.17) is 17.3 Å². The molecule has 0 unspecified atom stereocenters. The Hall–Kier alpha value is -2.01. The fourth-order valence-corrected chi connectivity index (χ4v) is 1.93. The number of carbonyl (C=O) groups excluding carboxylic acids is 1. The predicted octanol–water partition coefficient (Wildman–Crippen LogP) is 3.14. The van der Waals surface area contributed by atoms with Gasteiger partial charge in [0.15, 0.2) is 0 Å². The molecule has 4 nitrogen and oxygen atoms in total. The van der Waals surface area contributed by atoms with Crippen LogP contribution in [0, 0.1) is 5.82 Å². The lowest BCUT2D eigenvalue weighted by Crippen LogP contribution is -2.16. The molecule has 0 saturated carbocycles. The summed E-state index contributed by atoms with van der Waals surface area (Å²) in [5.41, 5.74) is 6.78. The molecule has 0 radical (unpaired) electrons. The summed E-state index contributed by atoms with van der Waals surface area (Å²) < 4.78 is 14.8. The van der Waals surface area contributed by atoms with Crippen LogP contribution >= 0.6 is 11.6 Å². The quantitative estimate of drug-likeness (QED) is 0.908. The zero-order valence-corrected chi connectivity index (χ0v) is 11.0. The number of hydrogen-bond acceptors (Lipinski definition) is 2. The van der Waals surface area contributed by atoms with Gasteiger partial charge in [0.2, 0.25) is 0 Å². The van der Waals surface area contributed by atoms with E-state index in [1.54, 1.807) is 16.8 Å². The van der Waals surface area contributed by atoms with Crippen LogP contribution in [0.2, 0.25) is 5.02 Å². The predicted molar refractivity (Wildman–Crippen MR) is 73.9 cm³/mol. The highest BCUT2D eigenvalue weighted by atomic mass is 35.5. The number of amides is 1. The van der Waals surface area contributed by atoms with Crippen LogP contribution < -0.4 is 11.1 Å². The Morgan fingerprint density at radius 1 is 1.47 bits per heavy atom. The molecule has 100 valence electrons. The first-order valence-electron chi connectivity index (χ1n) is 5.73. The van der Waals surface area contributed by atoms with Gasteiger partial charge in [0.1, 0.15) is 11.5 Å². The molecule has 0 aliphatic heterocycles. The van der Waals surface area contributed by atoms with Gasteiger partial charge in [-0.25, -0.2) is 4.39 Å². The van der Waals surface area contributed by atoms with Crippen molar-refractivity contribution in [3.05, 3.63) is 47.0 Å². The first kappa shape index (κ1) is 13.4. The molecule has 0 atom stereocenters. The number of hydrogen-bond donors (Lipinski definition) is 2. The lowest BCUT2D eigenvalue weighted by Gasteiger charge is -2.09. The number of anilines is 2. The molecule has 0 saturated heterocycles. The van der Waals surface area contributed by atoms with Crippen molar-refractivity contribution in [3.8, 4) is 0 Å². The van der Waals surface area contributed by atoms with Gasteiger partial charge >= 0.3 is 0 Å². The van der Waals surface area contributed by atoms with Gasteiger partial charge in [-0.3, -0.25) is 4.79 Å². The molecule has 19 heavy (non-hydrogen) atoms. The Morgan fingerprint density at radius 3 is 2.89 bits per heavy atom. The van der Waals surface area contributed by atoms with Crippen LogP contribution in [-0.2, 0) is 6.54 Å². The summed E-state index contributed by atoms with van der Waals surface area (Å²) in [7, 11) is 0. The minimum Gasteiger partial charge on any atom is -0.397 e. The molecule has 0 spiro atoms. The second-order valence-corrected chi connectivity index (χ2v) is 4.43. The van der Waals surface area contributed by atoms with E-state index in [0.717, 1.165) is 0 Å². The van der Waals surface area contributed by atoms with Gasteiger partial charge in [0, 0.05) is 12.7 Å². The molecule has 0 aliphatic carbocycles. The van der Waals surface area contributed by atoms with Crippen molar-refractivity contribution in [1.82, 2.24) is 4.57 Å². The van der Waals surface area contributed by atoms with Gasteiger partial charge in [-0.1, -0.05) is 11.6 Å². The molecule has 1 aromatic heterocycles. The summed E-state index contributed by atoms with van der Waals surface area (Å²) in [6.45, 7) is 2.50. The number of nitrogens with one attached hydrogen (secondary N) is 1. The smallest absolute Gasteiger partial charge is 0.272 e. The number of rotatable bonds is 3. The molecule has 1 heterocycles. The molecule has 6 heteroatoms. The molecule has 1 aromatic carbocycles. The number of carbonyl (C=O) groups is 1. The first-order chi connectivity index (χ1) is 9.01. The van der Waals surface area contributed by atoms with Crippen molar-refractivity contribution >= 4 is 28.9 Å². The van der Waals surface area contributed by atoms with Gasteiger partial charge in [-0.2, -0.15) is 0 Å². The monoisotopic (exact) mass is 281 g/mol. The van der Waals surface area contributed by atoms with Crippen LogP contribution in [0.5, 0.6) is 0 Å². The highest BCUT2D eigenvalue weighted by molar-refractivity contribution is 6.33. The van der Waals surface area contributed by atoms with E-state index in [2.05, 4.69) is 5.32 Å².